The van der Waals surface area contributed by atoms with E-state index in [0.717, 1.165) is 77.5 Å². The van der Waals surface area contributed by atoms with E-state index in [1.54, 1.807) is 12.7 Å². The molecule has 0 atom stereocenters. The summed E-state index contributed by atoms with van der Waals surface area (Å²) in [7, 11) is 0. The van der Waals surface area contributed by atoms with Crippen LogP contribution in [0.15, 0.2) is 17.6 Å². The lowest BCUT2D eigenvalue weighted by atomic mass is 10.1. The Morgan fingerprint density at radius 1 is 1.18 bits per heavy atom. The molecule has 0 saturated carbocycles. The van der Waals surface area contributed by atoms with E-state index < -0.39 is 0 Å². The quantitative estimate of drug-likeness (QED) is 0.207. The predicted molar refractivity (Wildman–Crippen MR) is 124 cm³/mol. The van der Waals surface area contributed by atoms with E-state index in [2.05, 4.69) is 46.5 Å². The van der Waals surface area contributed by atoms with Gasteiger partial charge in [-0.25, -0.2) is 0 Å². The lowest BCUT2D eigenvalue weighted by Gasteiger charge is -2.33. The average molecular weight is 507 g/mol. The van der Waals surface area contributed by atoms with Crippen molar-refractivity contribution in [3.05, 3.63) is 12.7 Å². The maximum absolute atomic E-state index is 5.66. The van der Waals surface area contributed by atoms with Crippen molar-refractivity contribution in [3.63, 3.8) is 0 Å². The number of aromatic nitrogens is 3. The van der Waals surface area contributed by atoms with Crippen LogP contribution in [0.4, 0.5) is 0 Å². The summed E-state index contributed by atoms with van der Waals surface area (Å²) in [5.41, 5.74) is 0. The van der Waals surface area contributed by atoms with Gasteiger partial charge in [0.05, 0.1) is 12.7 Å². The van der Waals surface area contributed by atoms with E-state index >= 15 is 0 Å². The summed E-state index contributed by atoms with van der Waals surface area (Å²) in [5.74, 6) is 0.948. The summed E-state index contributed by atoms with van der Waals surface area (Å²) in [6.45, 7) is 13.1. The smallest absolute Gasteiger partial charge is 0.191 e. The zero-order valence-corrected chi connectivity index (χ0v) is 20.0. The molecular formula is C19H38IN7O. The number of aliphatic imine (C=N–C) groups is 1. The number of hydrogen-bond donors (Lipinski definition) is 2. The molecule has 0 amide bonds. The Bertz CT molecular complexity index is 516. The molecular weight excluding hydrogens is 469 g/mol. The first-order chi connectivity index (χ1) is 13.2. The van der Waals surface area contributed by atoms with Crippen LogP contribution in [0, 0.1) is 0 Å². The van der Waals surface area contributed by atoms with E-state index in [9.17, 15) is 0 Å². The number of unbranched alkanes of at least 4 members (excludes halogenated alkanes) is 1. The Morgan fingerprint density at radius 3 is 2.54 bits per heavy atom. The molecule has 8 nitrogen and oxygen atoms in total. The van der Waals surface area contributed by atoms with E-state index in [0.29, 0.717) is 12.1 Å². The molecule has 2 heterocycles. The second-order valence-electron chi connectivity index (χ2n) is 7.35. The number of ether oxygens (including phenoxy) is 1. The Hall–Kier alpha value is -0.940. The fraction of sp³-hybridized carbons (Fsp3) is 0.842. The van der Waals surface area contributed by atoms with Gasteiger partial charge in [0.1, 0.15) is 12.7 Å². The van der Waals surface area contributed by atoms with Gasteiger partial charge in [-0.05, 0) is 46.5 Å². The first kappa shape index (κ1) is 25.1. The third kappa shape index (κ3) is 10.6. The van der Waals surface area contributed by atoms with Crippen LogP contribution in [-0.2, 0) is 11.3 Å². The number of guanidine groups is 1. The zero-order valence-electron chi connectivity index (χ0n) is 17.6. The fourth-order valence-electron chi connectivity index (χ4n) is 3.17. The molecule has 0 aromatic carbocycles. The SMILES string of the molecule is CCNC(=NCCCCn1cnnc1)NC1CCN(CCOC(C)C)CC1.I. The zero-order chi connectivity index (χ0) is 19.3. The third-order valence-corrected chi connectivity index (χ3v) is 4.69. The van der Waals surface area contributed by atoms with Crippen LogP contribution in [0.1, 0.15) is 46.5 Å². The number of aryl methyl sites for hydroxylation is 1. The second kappa shape index (κ2) is 15.0. The third-order valence-electron chi connectivity index (χ3n) is 4.69. The van der Waals surface area contributed by atoms with Gasteiger partial charge in [-0.1, -0.05) is 0 Å². The summed E-state index contributed by atoms with van der Waals surface area (Å²) >= 11 is 0. The number of hydrogen-bond acceptors (Lipinski definition) is 5. The van der Waals surface area contributed by atoms with Gasteiger partial charge in [-0.3, -0.25) is 4.99 Å². The fourth-order valence-corrected chi connectivity index (χ4v) is 3.17. The van der Waals surface area contributed by atoms with Gasteiger partial charge in [-0.15, -0.1) is 34.2 Å². The van der Waals surface area contributed by atoms with Crippen LogP contribution in [-0.4, -0.2) is 77.1 Å². The summed E-state index contributed by atoms with van der Waals surface area (Å²) in [6.07, 6.45) is 8.28. The summed E-state index contributed by atoms with van der Waals surface area (Å²) in [5, 5.41) is 14.6. The molecule has 0 radical (unpaired) electrons. The van der Waals surface area contributed by atoms with Crippen molar-refractivity contribution in [3.8, 4) is 0 Å². The maximum Gasteiger partial charge on any atom is 0.191 e. The Kier molecular flexibility index (Phi) is 13.4. The number of likely N-dealkylation sites (tertiary alicyclic amines) is 1. The van der Waals surface area contributed by atoms with Crippen molar-refractivity contribution in [2.24, 2.45) is 4.99 Å². The van der Waals surface area contributed by atoms with Crippen molar-refractivity contribution in [2.75, 3.05) is 39.3 Å². The molecule has 9 heteroatoms. The van der Waals surface area contributed by atoms with E-state index in [4.69, 9.17) is 9.73 Å². The largest absolute Gasteiger partial charge is 0.377 e. The van der Waals surface area contributed by atoms with Gasteiger partial charge in [0.25, 0.3) is 0 Å². The first-order valence-electron chi connectivity index (χ1n) is 10.4. The molecule has 2 rings (SSSR count). The highest BCUT2D eigenvalue weighted by atomic mass is 127. The van der Waals surface area contributed by atoms with Crippen LogP contribution in [0.2, 0.25) is 0 Å². The molecule has 162 valence electrons. The highest BCUT2D eigenvalue weighted by Crippen LogP contribution is 2.10. The average Bonchev–Trinajstić information content (AvgIpc) is 3.16. The van der Waals surface area contributed by atoms with Crippen molar-refractivity contribution in [2.45, 2.75) is 65.1 Å². The first-order valence-corrected chi connectivity index (χ1v) is 10.4. The van der Waals surface area contributed by atoms with E-state index in [-0.39, 0.29) is 24.0 Å². The molecule has 1 aromatic heterocycles. The summed E-state index contributed by atoms with van der Waals surface area (Å²) < 4.78 is 7.67. The van der Waals surface area contributed by atoms with Gasteiger partial charge in [0.15, 0.2) is 5.96 Å². The molecule has 2 N–H and O–H groups in total. The highest BCUT2D eigenvalue weighted by molar-refractivity contribution is 14.0. The van der Waals surface area contributed by atoms with Gasteiger partial charge < -0.3 is 24.8 Å². The molecule has 28 heavy (non-hydrogen) atoms. The number of nitrogens with one attached hydrogen (secondary N) is 2. The highest BCUT2D eigenvalue weighted by Gasteiger charge is 2.19. The normalized spacial score (nSPS) is 16.2. The molecule has 1 fully saturated rings. The Balaban J connectivity index is 0.00000392. The van der Waals surface area contributed by atoms with Crippen LogP contribution >= 0.6 is 24.0 Å². The van der Waals surface area contributed by atoms with Crippen molar-refractivity contribution < 1.29 is 4.74 Å². The molecule has 1 aliphatic heterocycles. The van der Waals surface area contributed by atoms with E-state index in [1.807, 2.05) is 4.57 Å². The second-order valence-corrected chi connectivity index (χ2v) is 7.35. The van der Waals surface area contributed by atoms with Crippen molar-refractivity contribution >= 4 is 29.9 Å². The number of rotatable bonds is 11. The van der Waals surface area contributed by atoms with Crippen molar-refractivity contribution in [1.82, 2.24) is 30.3 Å². The van der Waals surface area contributed by atoms with Crippen LogP contribution in [0.3, 0.4) is 0 Å². The van der Waals surface area contributed by atoms with Gasteiger partial charge in [-0.2, -0.15) is 0 Å². The summed E-state index contributed by atoms with van der Waals surface area (Å²) in [6, 6.07) is 0.502. The predicted octanol–water partition coefficient (Wildman–Crippen LogP) is 2.12. The van der Waals surface area contributed by atoms with Crippen LogP contribution in [0.25, 0.3) is 0 Å². The minimum Gasteiger partial charge on any atom is -0.377 e. The van der Waals surface area contributed by atoms with Crippen molar-refractivity contribution in [1.29, 1.82) is 0 Å². The van der Waals surface area contributed by atoms with E-state index in [1.165, 1.54) is 0 Å². The lowest BCUT2D eigenvalue weighted by molar-refractivity contribution is 0.0532. The minimum absolute atomic E-state index is 0. The molecule has 1 aliphatic rings. The number of nitrogens with zero attached hydrogens (tertiary/aromatic N) is 5. The van der Waals surface area contributed by atoms with Crippen LogP contribution in [0.5, 0.6) is 0 Å². The molecule has 1 saturated heterocycles. The Labute approximate surface area is 186 Å². The van der Waals surface area contributed by atoms with Gasteiger partial charge in [0, 0.05) is 45.3 Å². The molecule has 0 spiro atoms. The Morgan fingerprint density at radius 2 is 1.89 bits per heavy atom. The molecule has 0 aliphatic carbocycles. The topological polar surface area (TPSA) is 79.6 Å². The van der Waals surface area contributed by atoms with Gasteiger partial charge in [0.2, 0.25) is 0 Å². The molecule has 0 bridgehead atoms. The minimum atomic E-state index is 0. The summed E-state index contributed by atoms with van der Waals surface area (Å²) in [4.78, 5) is 7.23. The number of halogens is 1. The number of piperidine rings is 1. The maximum atomic E-state index is 5.66. The monoisotopic (exact) mass is 507 g/mol. The lowest BCUT2D eigenvalue weighted by Crippen LogP contribution is -2.49. The molecule has 0 unspecified atom stereocenters. The van der Waals surface area contributed by atoms with Gasteiger partial charge >= 0.3 is 0 Å². The standard InChI is InChI=1S/C19H37N7O.HI/c1-4-20-19(21-9-5-6-10-26-15-22-23-16-26)24-18-7-11-25(12-8-18)13-14-27-17(2)3;/h15-18H,4-14H2,1-3H3,(H2,20,21,24);1H. The van der Waals surface area contributed by atoms with Crippen LogP contribution < -0.4 is 10.6 Å². The molecule has 1 aromatic rings.